The van der Waals surface area contributed by atoms with E-state index in [2.05, 4.69) is 22.9 Å². The van der Waals surface area contributed by atoms with E-state index in [4.69, 9.17) is 0 Å². The first-order valence-electron chi connectivity index (χ1n) is 10.4. The summed E-state index contributed by atoms with van der Waals surface area (Å²) in [6.07, 6.45) is 4.11. The molecule has 2 amide bonds. The van der Waals surface area contributed by atoms with Crippen molar-refractivity contribution in [2.75, 3.05) is 13.1 Å². The Morgan fingerprint density at radius 3 is 2.67 bits per heavy atom. The van der Waals surface area contributed by atoms with Crippen LogP contribution in [0, 0.1) is 25.2 Å². The lowest BCUT2D eigenvalue weighted by Crippen LogP contribution is -2.46. The molecule has 1 N–H and O–H groups in total. The molecule has 1 aliphatic heterocycles. The van der Waals surface area contributed by atoms with Gasteiger partial charge in [-0.15, -0.1) is 0 Å². The minimum absolute atomic E-state index is 0.0453. The summed E-state index contributed by atoms with van der Waals surface area (Å²) in [4.78, 5) is 26.9. The van der Waals surface area contributed by atoms with Crippen LogP contribution < -0.4 is 5.32 Å². The normalized spacial score (nSPS) is 15.1. The van der Waals surface area contributed by atoms with Crippen LogP contribution in [-0.2, 0) is 11.3 Å². The van der Waals surface area contributed by atoms with Gasteiger partial charge in [-0.05, 0) is 62.3 Å². The van der Waals surface area contributed by atoms with E-state index in [0.29, 0.717) is 31.5 Å². The number of aromatic nitrogens is 1. The Bertz CT molecular complexity index is 974. The fourth-order valence-electron chi connectivity index (χ4n) is 3.90. The first-order chi connectivity index (χ1) is 14.4. The van der Waals surface area contributed by atoms with Gasteiger partial charge in [0.15, 0.2) is 0 Å². The number of aryl methyl sites for hydroxylation is 1. The number of nitriles is 1. The Kier molecular flexibility index (Phi) is 7.11. The van der Waals surface area contributed by atoms with Crippen LogP contribution in [0.3, 0.4) is 0 Å². The van der Waals surface area contributed by atoms with Gasteiger partial charge in [-0.25, -0.2) is 0 Å². The van der Waals surface area contributed by atoms with Gasteiger partial charge in [-0.2, -0.15) is 16.6 Å². The highest BCUT2D eigenvalue weighted by Crippen LogP contribution is 2.21. The zero-order valence-corrected chi connectivity index (χ0v) is 18.6. The van der Waals surface area contributed by atoms with Gasteiger partial charge in [0.2, 0.25) is 0 Å². The molecule has 3 rings (SSSR count). The Morgan fingerprint density at radius 2 is 2.07 bits per heavy atom. The van der Waals surface area contributed by atoms with Crippen LogP contribution in [0.5, 0.6) is 0 Å². The van der Waals surface area contributed by atoms with Gasteiger partial charge in [-0.1, -0.05) is 6.92 Å². The Balaban J connectivity index is 1.63. The first-order valence-corrected chi connectivity index (χ1v) is 11.3. The summed E-state index contributed by atoms with van der Waals surface area (Å²) in [5.74, 6) is -0.304. The second-order valence-electron chi connectivity index (χ2n) is 7.70. The van der Waals surface area contributed by atoms with Crippen LogP contribution in [0.4, 0.5) is 0 Å². The van der Waals surface area contributed by atoms with Gasteiger partial charge in [0.05, 0.1) is 0 Å². The van der Waals surface area contributed by atoms with Gasteiger partial charge in [0.25, 0.3) is 11.8 Å². The number of rotatable bonds is 6. The molecule has 0 spiro atoms. The average molecular weight is 425 g/mol. The van der Waals surface area contributed by atoms with Gasteiger partial charge >= 0.3 is 0 Å². The molecule has 0 saturated carbocycles. The van der Waals surface area contributed by atoms with Crippen molar-refractivity contribution in [3.05, 3.63) is 51.0 Å². The number of nitrogens with zero attached hydrogens (tertiary/aromatic N) is 3. The quantitative estimate of drug-likeness (QED) is 0.564. The third-order valence-corrected chi connectivity index (χ3v) is 6.29. The fourth-order valence-corrected chi connectivity index (χ4v) is 4.53. The minimum Gasteiger partial charge on any atom is -0.349 e. The van der Waals surface area contributed by atoms with E-state index in [1.54, 1.807) is 17.0 Å². The van der Waals surface area contributed by atoms with Crippen molar-refractivity contribution < 1.29 is 9.59 Å². The van der Waals surface area contributed by atoms with E-state index in [-0.39, 0.29) is 23.4 Å². The predicted octanol–water partition coefficient (Wildman–Crippen LogP) is 3.90. The second kappa shape index (κ2) is 9.77. The molecule has 0 aliphatic carbocycles. The number of piperidine rings is 1. The van der Waals surface area contributed by atoms with Crippen molar-refractivity contribution in [2.24, 2.45) is 0 Å². The molecule has 1 aliphatic rings. The van der Waals surface area contributed by atoms with Crippen molar-refractivity contribution in [1.82, 2.24) is 14.8 Å². The molecule has 0 aromatic carbocycles. The van der Waals surface area contributed by atoms with E-state index in [1.165, 1.54) is 11.3 Å². The number of hydrogen-bond acceptors (Lipinski definition) is 4. The van der Waals surface area contributed by atoms with Gasteiger partial charge in [0, 0.05) is 48.0 Å². The molecule has 1 saturated heterocycles. The molecule has 3 heterocycles. The monoisotopic (exact) mass is 424 g/mol. The molecule has 2 aromatic heterocycles. The third kappa shape index (κ3) is 4.82. The van der Waals surface area contributed by atoms with Crippen LogP contribution in [0.25, 0.3) is 6.08 Å². The highest BCUT2D eigenvalue weighted by Gasteiger charge is 2.26. The van der Waals surface area contributed by atoms with E-state index < -0.39 is 0 Å². The average Bonchev–Trinajstić information content (AvgIpc) is 3.37. The third-order valence-electron chi connectivity index (χ3n) is 5.61. The Labute approximate surface area is 181 Å². The van der Waals surface area contributed by atoms with Crippen LogP contribution in [0.2, 0.25) is 0 Å². The zero-order valence-electron chi connectivity index (χ0n) is 17.8. The highest BCUT2D eigenvalue weighted by atomic mass is 32.1. The first kappa shape index (κ1) is 21.8. The van der Waals surface area contributed by atoms with Gasteiger partial charge in [-0.3, -0.25) is 9.59 Å². The molecule has 158 valence electrons. The van der Waals surface area contributed by atoms with Crippen LogP contribution in [0.1, 0.15) is 53.5 Å². The molecule has 1 fully saturated rings. The molecule has 30 heavy (non-hydrogen) atoms. The molecular formula is C23H28N4O2S. The summed E-state index contributed by atoms with van der Waals surface area (Å²) < 4.78 is 2.22. The molecule has 0 radical (unpaired) electrons. The van der Waals surface area contributed by atoms with Crippen LogP contribution >= 0.6 is 11.3 Å². The van der Waals surface area contributed by atoms with Crippen LogP contribution in [-0.4, -0.2) is 40.4 Å². The minimum atomic E-state index is -0.236. The summed E-state index contributed by atoms with van der Waals surface area (Å²) in [5.41, 5.74) is 3.96. The number of carbonyl (C=O) groups excluding carboxylic acids is 2. The Hall–Kier alpha value is -2.85. The molecule has 2 aromatic rings. The van der Waals surface area contributed by atoms with E-state index >= 15 is 0 Å². The molecular weight excluding hydrogens is 396 g/mol. The zero-order chi connectivity index (χ0) is 21.7. The number of carbonyl (C=O) groups is 2. The topological polar surface area (TPSA) is 78.1 Å². The second-order valence-corrected chi connectivity index (χ2v) is 8.48. The molecule has 0 unspecified atom stereocenters. The number of amides is 2. The van der Waals surface area contributed by atoms with Crippen molar-refractivity contribution in [3.8, 4) is 6.07 Å². The summed E-state index contributed by atoms with van der Waals surface area (Å²) in [6, 6.07) is 5.97. The summed E-state index contributed by atoms with van der Waals surface area (Å²) >= 11 is 1.49. The lowest BCUT2D eigenvalue weighted by molar-refractivity contribution is -0.127. The van der Waals surface area contributed by atoms with Gasteiger partial charge in [0.1, 0.15) is 11.6 Å². The van der Waals surface area contributed by atoms with E-state index in [0.717, 1.165) is 29.9 Å². The number of hydrogen-bond donors (Lipinski definition) is 1. The number of likely N-dealkylation sites (tertiary alicyclic amines) is 1. The largest absolute Gasteiger partial charge is 0.349 e. The van der Waals surface area contributed by atoms with Crippen molar-refractivity contribution in [1.29, 1.82) is 5.26 Å². The van der Waals surface area contributed by atoms with Gasteiger partial charge < -0.3 is 14.8 Å². The highest BCUT2D eigenvalue weighted by molar-refractivity contribution is 7.08. The maximum atomic E-state index is 12.9. The fraction of sp³-hybridized carbons (Fsp3) is 0.435. The van der Waals surface area contributed by atoms with Crippen molar-refractivity contribution in [2.45, 2.75) is 52.6 Å². The maximum Gasteiger partial charge on any atom is 0.264 e. The van der Waals surface area contributed by atoms with Crippen molar-refractivity contribution >= 4 is 29.2 Å². The standard InChI is InChI=1S/C23H28N4O2S/c1-4-8-27-16(2)12-19(17(27)3)13-20(14-24)23(29)26-9-5-21(6-10-26)25-22(28)18-7-11-30-15-18/h7,11-13,15,21H,4-6,8-10H2,1-3H3,(H,25,28)/b20-13+. The smallest absolute Gasteiger partial charge is 0.264 e. The Morgan fingerprint density at radius 1 is 1.33 bits per heavy atom. The summed E-state index contributed by atoms with van der Waals surface area (Å²) in [5, 5.41) is 16.4. The predicted molar refractivity (Wildman–Crippen MR) is 119 cm³/mol. The number of nitrogens with one attached hydrogen (secondary N) is 1. The molecule has 0 bridgehead atoms. The number of thiophene rings is 1. The van der Waals surface area contributed by atoms with Crippen LogP contribution in [0.15, 0.2) is 28.5 Å². The van der Waals surface area contributed by atoms with Crippen molar-refractivity contribution in [3.63, 3.8) is 0 Å². The lowest BCUT2D eigenvalue weighted by atomic mass is 10.0. The van der Waals surface area contributed by atoms with E-state index in [9.17, 15) is 14.9 Å². The SMILES string of the molecule is CCCn1c(C)cc(/C=C(\C#N)C(=O)N2CCC(NC(=O)c3ccsc3)CC2)c1C. The summed E-state index contributed by atoms with van der Waals surface area (Å²) in [6.45, 7) is 8.18. The summed E-state index contributed by atoms with van der Waals surface area (Å²) in [7, 11) is 0. The van der Waals surface area contributed by atoms with E-state index in [1.807, 2.05) is 30.7 Å². The molecule has 6 nitrogen and oxygen atoms in total. The lowest BCUT2D eigenvalue weighted by Gasteiger charge is -2.32. The maximum absolute atomic E-state index is 12.9. The molecule has 0 atom stereocenters. The molecule has 7 heteroatoms.